The maximum absolute atomic E-state index is 9.68. The zero-order valence-electron chi connectivity index (χ0n) is 13.1. The SMILES string of the molecule is CCCNC(C)(CO)CC(C)N1CCOCC1CC. The largest absolute Gasteiger partial charge is 0.394 e. The molecule has 1 fully saturated rings. The number of nitrogens with one attached hydrogen (secondary N) is 1. The molecule has 1 saturated heterocycles. The molecule has 0 aliphatic carbocycles. The van der Waals surface area contributed by atoms with E-state index in [4.69, 9.17) is 4.74 Å². The molecule has 1 rings (SSSR count). The summed E-state index contributed by atoms with van der Waals surface area (Å²) < 4.78 is 5.57. The van der Waals surface area contributed by atoms with Gasteiger partial charge in [-0.15, -0.1) is 0 Å². The molecule has 2 N–H and O–H groups in total. The van der Waals surface area contributed by atoms with E-state index in [0.29, 0.717) is 12.1 Å². The molecule has 4 heteroatoms. The number of aliphatic hydroxyl groups excluding tert-OH is 1. The summed E-state index contributed by atoms with van der Waals surface area (Å²) in [4.78, 5) is 2.55. The molecule has 0 amide bonds. The van der Waals surface area contributed by atoms with Gasteiger partial charge in [-0.2, -0.15) is 0 Å². The fourth-order valence-corrected chi connectivity index (χ4v) is 2.99. The van der Waals surface area contributed by atoms with Crippen molar-refractivity contribution in [2.75, 3.05) is 32.9 Å². The zero-order valence-corrected chi connectivity index (χ0v) is 13.1. The van der Waals surface area contributed by atoms with Gasteiger partial charge in [0.15, 0.2) is 0 Å². The Morgan fingerprint density at radius 2 is 2.21 bits per heavy atom. The Morgan fingerprint density at radius 1 is 1.47 bits per heavy atom. The maximum atomic E-state index is 9.68. The molecule has 1 heterocycles. The van der Waals surface area contributed by atoms with Gasteiger partial charge in [0.1, 0.15) is 0 Å². The molecule has 0 aromatic heterocycles. The van der Waals surface area contributed by atoms with Crippen molar-refractivity contribution < 1.29 is 9.84 Å². The Labute approximate surface area is 118 Å². The minimum atomic E-state index is -0.175. The van der Waals surface area contributed by atoms with Gasteiger partial charge in [0.2, 0.25) is 0 Å². The Bertz CT molecular complexity index is 250. The van der Waals surface area contributed by atoms with Crippen LogP contribution >= 0.6 is 0 Å². The standard InChI is InChI=1S/C15H32N2O2/c1-5-7-16-15(4,12-18)10-13(3)17-8-9-19-11-14(17)6-2/h13-14,16,18H,5-12H2,1-4H3. The second-order valence-electron chi connectivity index (χ2n) is 6.07. The van der Waals surface area contributed by atoms with Crippen molar-refractivity contribution in [1.82, 2.24) is 10.2 Å². The van der Waals surface area contributed by atoms with Gasteiger partial charge in [-0.25, -0.2) is 0 Å². The first-order chi connectivity index (χ1) is 9.06. The maximum Gasteiger partial charge on any atom is 0.0622 e. The molecule has 3 atom stereocenters. The van der Waals surface area contributed by atoms with E-state index >= 15 is 0 Å². The summed E-state index contributed by atoms with van der Waals surface area (Å²) in [6, 6.07) is 0.994. The summed E-state index contributed by atoms with van der Waals surface area (Å²) in [7, 11) is 0. The fourth-order valence-electron chi connectivity index (χ4n) is 2.99. The molecule has 4 nitrogen and oxygen atoms in total. The average molecular weight is 272 g/mol. The van der Waals surface area contributed by atoms with Crippen molar-refractivity contribution in [3.63, 3.8) is 0 Å². The molecule has 0 spiro atoms. The van der Waals surface area contributed by atoms with Crippen LogP contribution in [0, 0.1) is 0 Å². The van der Waals surface area contributed by atoms with E-state index in [1.165, 1.54) is 0 Å². The van der Waals surface area contributed by atoms with Gasteiger partial charge in [-0.05, 0) is 39.7 Å². The van der Waals surface area contributed by atoms with Crippen LogP contribution in [-0.2, 0) is 4.74 Å². The number of hydrogen-bond donors (Lipinski definition) is 2. The first-order valence-electron chi connectivity index (χ1n) is 7.75. The van der Waals surface area contributed by atoms with Crippen LogP contribution in [-0.4, -0.2) is 60.5 Å². The first kappa shape index (κ1) is 16.9. The molecule has 1 aliphatic heterocycles. The highest BCUT2D eigenvalue weighted by atomic mass is 16.5. The number of nitrogens with zero attached hydrogens (tertiary/aromatic N) is 1. The Hall–Kier alpha value is -0.160. The smallest absolute Gasteiger partial charge is 0.0622 e. The van der Waals surface area contributed by atoms with Crippen molar-refractivity contribution in [3.05, 3.63) is 0 Å². The van der Waals surface area contributed by atoms with Crippen LogP contribution in [0.5, 0.6) is 0 Å². The van der Waals surface area contributed by atoms with E-state index in [0.717, 1.165) is 45.6 Å². The number of hydrogen-bond acceptors (Lipinski definition) is 4. The highest BCUT2D eigenvalue weighted by Gasteiger charge is 2.31. The molecule has 19 heavy (non-hydrogen) atoms. The second kappa shape index (κ2) is 8.20. The normalized spacial score (nSPS) is 26.1. The summed E-state index contributed by atoms with van der Waals surface area (Å²) in [5.41, 5.74) is -0.175. The van der Waals surface area contributed by atoms with Crippen molar-refractivity contribution in [2.24, 2.45) is 0 Å². The van der Waals surface area contributed by atoms with Crippen LogP contribution in [0.1, 0.15) is 47.0 Å². The molecule has 1 aliphatic rings. The van der Waals surface area contributed by atoms with Crippen molar-refractivity contribution in [3.8, 4) is 0 Å². The van der Waals surface area contributed by atoms with E-state index in [2.05, 4.69) is 37.9 Å². The first-order valence-corrected chi connectivity index (χ1v) is 7.75. The Morgan fingerprint density at radius 3 is 2.79 bits per heavy atom. The van der Waals surface area contributed by atoms with E-state index < -0.39 is 0 Å². The second-order valence-corrected chi connectivity index (χ2v) is 6.07. The van der Waals surface area contributed by atoms with Gasteiger partial charge >= 0.3 is 0 Å². The number of aliphatic hydroxyl groups is 1. The monoisotopic (exact) mass is 272 g/mol. The number of rotatable bonds is 8. The summed E-state index contributed by atoms with van der Waals surface area (Å²) in [5.74, 6) is 0. The minimum absolute atomic E-state index is 0.175. The summed E-state index contributed by atoms with van der Waals surface area (Å²) in [5, 5.41) is 13.2. The molecule has 0 aromatic carbocycles. The van der Waals surface area contributed by atoms with E-state index in [9.17, 15) is 5.11 Å². The number of morpholine rings is 1. The van der Waals surface area contributed by atoms with Gasteiger partial charge < -0.3 is 15.2 Å². The summed E-state index contributed by atoms with van der Waals surface area (Å²) in [6.07, 6.45) is 3.20. The molecule has 0 aromatic rings. The lowest BCUT2D eigenvalue weighted by Crippen LogP contribution is -2.55. The van der Waals surface area contributed by atoms with E-state index in [1.807, 2.05) is 0 Å². The lowest BCUT2D eigenvalue weighted by atomic mass is 9.92. The van der Waals surface area contributed by atoms with E-state index in [1.54, 1.807) is 0 Å². The topological polar surface area (TPSA) is 44.7 Å². The quantitative estimate of drug-likeness (QED) is 0.705. The van der Waals surface area contributed by atoms with Gasteiger partial charge in [0.25, 0.3) is 0 Å². The lowest BCUT2D eigenvalue weighted by Gasteiger charge is -2.42. The lowest BCUT2D eigenvalue weighted by molar-refractivity contribution is -0.0346. The van der Waals surface area contributed by atoms with E-state index in [-0.39, 0.29) is 12.1 Å². The third-order valence-electron chi connectivity index (χ3n) is 4.21. The Balaban J connectivity index is 2.57. The number of ether oxygens (including phenoxy) is 1. The van der Waals surface area contributed by atoms with Crippen LogP contribution in [0.2, 0.25) is 0 Å². The molecular weight excluding hydrogens is 240 g/mol. The molecule has 114 valence electrons. The molecular formula is C15H32N2O2. The van der Waals surface area contributed by atoms with Crippen molar-refractivity contribution >= 4 is 0 Å². The van der Waals surface area contributed by atoms with Crippen LogP contribution in [0.3, 0.4) is 0 Å². The highest BCUT2D eigenvalue weighted by molar-refractivity contribution is 4.89. The van der Waals surface area contributed by atoms with Gasteiger partial charge in [-0.1, -0.05) is 13.8 Å². The molecule has 0 saturated carbocycles. The zero-order chi connectivity index (χ0) is 14.3. The van der Waals surface area contributed by atoms with Crippen LogP contribution in [0.15, 0.2) is 0 Å². The summed E-state index contributed by atoms with van der Waals surface area (Å²) in [6.45, 7) is 12.6. The van der Waals surface area contributed by atoms with Gasteiger partial charge in [0.05, 0.1) is 19.8 Å². The Kier molecular flexibility index (Phi) is 7.29. The fraction of sp³-hybridized carbons (Fsp3) is 1.00. The third kappa shape index (κ3) is 5.03. The molecule has 0 radical (unpaired) electrons. The van der Waals surface area contributed by atoms with Crippen LogP contribution in [0.25, 0.3) is 0 Å². The minimum Gasteiger partial charge on any atom is -0.394 e. The molecule has 0 bridgehead atoms. The van der Waals surface area contributed by atoms with Gasteiger partial charge in [0, 0.05) is 24.2 Å². The third-order valence-corrected chi connectivity index (χ3v) is 4.21. The summed E-state index contributed by atoms with van der Waals surface area (Å²) >= 11 is 0. The predicted molar refractivity (Wildman–Crippen MR) is 79.5 cm³/mol. The highest BCUT2D eigenvalue weighted by Crippen LogP contribution is 2.21. The van der Waals surface area contributed by atoms with Crippen molar-refractivity contribution in [2.45, 2.75) is 64.6 Å². The van der Waals surface area contributed by atoms with Crippen molar-refractivity contribution in [1.29, 1.82) is 0 Å². The average Bonchev–Trinajstić information content (AvgIpc) is 2.45. The van der Waals surface area contributed by atoms with Crippen LogP contribution < -0.4 is 5.32 Å². The predicted octanol–water partition coefficient (Wildman–Crippen LogP) is 1.63. The van der Waals surface area contributed by atoms with Gasteiger partial charge in [-0.3, -0.25) is 4.90 Å². The molecule has 3 unspecified atom stereocenters. The van der Waals surface area contributed by atoms with Crippen LogP contribution in [0.4, 0.5) is 0 Å².